The first-order chi connectivity index (χ1) is 19.9. The molecule has 0 aliphatic carbocycles. The second-order valence-electron chi connectivity index (χ2n) is 9.26. The number of halogens is 5. The SMILES string of the molecule is CC(F)(F)c1ccnc(CNC(=O)c2cn(CCCCn3cc(C(=O)NCc4cc(C(F)(F)F)ccn4)nn3)nn2)c1. The summed E-state index contributed by atoms with van der Waals surface area (Å²) in [6, 6.07) is 4.13. The maximum atomic E-state index is 13.5. The Morgan fingerprint density at radius 2 is 1.21 bits per heavy atom. The van der Waals surface area contributed by atoms with Crippen LogP contribution in [0.15, 0.2) is 49.1 Å². The molecule has 0 unspecified atom stereocenters. The van der Waals surface area contributed by atoms with E-state index in [2.05, 4.69) is 41.2 Å². The van der Waals surface area contributed by atoms with Gasteiger partial charge < -0.3 is 10.6 Å². The van der Waals surface area contributed by atoms with Crippen molar-refractivity contribution in [1.29, 1.82) is 0 Å². The van der Waals surface area contributed by atoms with E-state index in [1.807, 2.05) is 0 Å². The lowest BCUT2D eigenvalue weighted by atomic mass is 10.1. The van der Waals surface area contributed by atoms with Gasteiger partial charge in [0.05, 0.1) is 42.4 Å². The standard InChI is InChI=1S/C25H25F5N10O2/c1-24(26,27)16-4-6-31-18(10-16)12-33-22(41)20-14-39(37-35-20)8-2-3-9-40-15-21(36-38-40)23(42)34-13-19-11-17(5-7-32-19)25(28,29)30/h4-7,10-11,14-15H,2-3,8-9,12-13H2,1H3,(H,33,41)(H,34,42). The van der Waals surface area contributed by atoms with Crippen LogP contribution in [0, 0.1) is 0 Å². The molecule has 4 rings (SSSR count). The number of hydrogen-bond acceptors (Lipinski definition) is 8. The Kier molecular flexibility index (Phi) is 9.17. The molecule has 4 aromatic rings. The van der Waals surface area contributed by atoms with Crippen molar-refractivity contribution >= 4 is 11.8 Å². The van der Waals surface area contributed by atoms with Crippen LogP contribution in [-0.4, -0.2) is 51.8 Å². The average molecular weight is 593 g/mol. The summed E-state index contributed by atoms with van der Waals surface area (Å²) >= 11 is 0. The van der Waals surface area contributed by atoms with Gasteiger partial charge in [-0.05, 0) is 37.1 Å². The number of amides is 2. The fourth-order valence-electron chi connectivity index (χ4n) is 3.69. The summed E-state index contributed by atoms with van der Waals surface area (Å²) in [6.45, 7) is 1.35. The lowest BCUT2D eigenvalue weighted by Gasteiger charge is -2.11. The van der Waals surface area contributed by atoms with Crippen LogP contribution >= 0.6 is 0 Å². The van der Waals surface area contributed by atoms with Crippen molar-refractivity contribution in [3.8, 4) is 0 Å². The van der Waals surface area contributed by atoms with E-state index in [4.69, 9.17) is 0 Å². The summed E-state index contributed by atoms with van der Waals surface area (Å²) in [4.78, 5) is 32.5. The molecule has 17 heteroatoms. The zero-order chi connectivity index (χ0) is 30.3. The molecule has 2 amide bonds. The number of nitrogens with zero attached hydrogens (tertiary/aromatic N) is 8. The van der Waals surface area contributed by atoms with Crippen molar-refractivity contribution < 1.29 is 31.5 Å². The maximum Gasteiger partial charge on any atom is 0.416 e. The molecule has 222 valence electrons. The normalized spacial score (nSPS) is 11.9. The van der Waals surface area contributed by atoms with E-state index in [0.29, 0.717) is 25.9 Å². The van der Waals surface area contributed by atoms with Crippen LogP contribution in [0.3, 0.4) is 0 Å². The van der Waals surface area contributed by atoms with Crippen LogP contribution in [-0.2, 0) is 38.3 Å². The number of hydrogen-bond donors (Lipinski definition) is 2. The van der Waals surface area contributed by atoms with E-state index in [-0.39, 0.29) is 41.4 Å². The highest BCUT2D eigenvalue weighted by molar-refractivity contribution is 5.92. The summed E-state index contributed by atoms with van der Waals surface area (Å²) in [5.41, 5.74) is -0.689. The van der Waals surface area contributed by atoms with Gasteiger partial charge in [0.2, 0.25) is 0 Å². The predicted molar refractivity (Wildman–Crippen MR) is 135 cm³/mol. The predicted octanol–water partition coefficient (Wildman–Crippen LogP) is 3.13. The molecule has 0 bridgehead atoms. The van der Waals surface area contributed by atoms with Gasteiger partial charge in [-0.25, -0.2) is 8.78 Å². The highest BCUT2D eigenvalue weighted by atomic mass is 19.4. The zero-order valence-electron chi connectivity index (χ0n) is 22.1. The van der Waals surface area contributed by atoms with Gasteiger partial charge in [0, 0.05) is 38.0 Å². The van der Waals surface area contributed by atoms with E-state index in [9.17, 15) is 31.5 Å². The largest absolute Gasteiger partial charge is 0.416 e. The molecular formula is C25H25F5N10O2. The number of pyridine rings is 2. The molecule has 4 aromatic heterocycles. The summed E-state index contributed by atoms with van der Waals surface area (Å²) in [5, 5.41) is 20.4. The van der Waals surface area contributed by atoms with Crippen molar-refractivity contribution in [3.05, 3.63) is 83.0 Å². The highest BCUT2D eigenvalue weighted by Crippen LogP contribution is 2.29. The van der Waals surface area contributed by atoms with Gasteiger partial charge in [0.25, 0.3) is 17.7 Å². The molecule has 4 heterocycles. The zero-order valence-corrected chi connectivity index (χ0v) is 22.1. The Bertz CT molecular complexity index is 1420. The summed E-state index contributed by atoms with van der Waals surface area (Å²) < 4.78 is 68.4. The van der Waals surface area contributed by atoms with Crippen LogP contribution in [0.25, 0.3) is 0 Å². The quantitative estimate of drug-likeness (QED) is 0.189. The molecule has 0 fully saturated rings. The number of unbranched alkanes of at least 4 members (excludes halogenated alkanes) is 1. The van der Waals surface area contributed by atoms with Gasteiger partial charge in [-0.3, -0.25) is 28.9 Å². The van der Waals surface area contributed by atoms with E-state index in [0.717, 1.165) is 25.3 Å². The molecule has 0 saturated carbocycles. The van der Waals surface area contributed by atoms with Gasteiger partial charge in [-0.15, -0.1) is 10.2 Å². The Morgan fingerprint density at radius 3 is 1.67 bits per heavy atom. The van der Waals surface area contributed by atoms with Gasteiger partial charge >= 0.3 is 6.18 Å². The Hall–Kier alpha value is -4.83. The first-order valence-electron chi connectivity index (χ1n) is 12.6. The first kappa shape index (κ1) is 30.1. The monoisotopic (exact) mass is 592 g/mol. The fraction of sp³-hybridized carbons (Fsp3) is 0.360. The first-order valence-corrected chi connectivity index (χ1v) is 12.6. The second-order valence-corrected chi connectivity index (χ2v) is 9.26. The van der Waals surface area contributed by atoms with Crippen molar-refractivity contribution in [2.45, 2.75) is 58.0 Å². The highest BCUT2D eigenvalue weighted by Gasteiger charge is 2.30. The molecular weight excluding hydrogens is 567 g/mol. The smallest absolute Gasteiger partial charge is 0.345 e. The summed E-state index contributed by atoms with van der Waals surface area (Å²) in [7, 11) is 0. The van der Waals surface area contributed by atoms with E-state index < -0.39 is 29.5 Å². The van der Waals surface area contributed by atoms with E-state index >= 15 is 0 Å². The number of aromatic nitrogens is 8. The van der Waals surface area contributed by atoms with Gasteiger partial charge in [-0.1, -0.05) is 10.4 Å². The minimum absolute atomic E-state index is 0.000704. The molecule has 42 heavy (non-hydrogen) atoms. The molecule has 0 atom stereocenters. The fourth-order valence-corrected chi connectivity index (χ4v) is 3.69. The molecule has 0 radical (unpaired) electrons. The van der Waals surface area contributed by atoms with Gasteiger partial charge in [0.1, 0.15) is 0 Å². The van der Waals surface area contributed by atoms with Crippen LogP contribution in [0.1, 0.15) is 63.3 Å². The third-order valence-corrected chi connectivity index (χ3v) is 5.89. The minimum atomic E-state index is -4.51. The minimum Gasteiger partial charge on any atom is -0.345 e. The van der Waals surface area contributed by atoms with Crippen molar-refractivity contribution in [1.82, 2.24) is 50.6 Å². The number of rotatable bonds is 12. The van der Waals surface area contributed by atoms with Crippen molar-refractivity contribution in [2.24, 2.45) is 0 Å². The van der Waals surface area contributed by atoms with Gasteiger partial charge in [0.15, 0.2) is 11.4 Å². The molecule has 0 aliphatic heterocycles. The van der Waals surface area contributed by atoms with Crippen LogP contribution in [0.5, 0.6) is 0 Å². The third-order valence-electron chi connectivity index (χ3n) is 5.89. The Labute approximate surface area is 235 Å². The summed E-state index contributed by atoms with van der Waals surface area (Å²) in [5.74, 6) is -4.17. The number of carbonyl (C=O) groups is 2. The number of aryl methyl sites for hydroxylation is 2. The van der Waals surface area contributed by atoms with E-state index in [1.165, 1.54) is 40.1 Å². The molecule has 0 aromatic carbocycles. The van der Waals surface area contributed by atoms with Crippen molar-refractivity contribution in [3.63, 3.8) is 0 Å². The molecule has 12 nitrogen and oxygen atoms in total. The second kappa shape index (κ2) is 12.8. The maximum absolute atomic E-state index is 13.5. The molecule has 2 N–H and O–H groups in total. The number of nitrogens with one attached hydrogen (secondary N) is 2. The van der Waals surface area contributed by atoms with Gasteiger partial charge in [-0.2, -0.15) is 13.2 Å². The van der Waals surface area contributed by atoms with Crippen LogP contribution in [0.2, 0.25) is 0 Å². The molecule has 0 spiro atoms. The van der Waals surface area contributed by atoms with Crippen LogP contribution in [0.4, 0.5) is 22.0 Å². The lowest BCUT2D eigenvalue weighted by Crippen LogP contribution is -2.24. The average Bonchev–Trinajstić information content (AvgIpc) is 3.62. The number of carbonyl (C=O) groups excluding carboxylic acids is 2. The topological polar surface area (TPSA) is 145 Å². The van der Waals surface area contributed by atoms with Crippen molar-refractivity contribution in [2.75, 3.05) is 0 Å². The molecule has 0 saturated heterocycles. The Balaban J connectivity index is 1.18. The molecule has 0 aliphatic rings. The van der Waals surface area contributed by atoms with Crippen LogP contribution < -0.4 is 10.6 Å². The third kappa shape index (κ3) is 8.34. The number of alkyl halides is 5. The Morgan fingerprint density at radius 1 is 0.762 bits per heavy atom. The van der Waals surface area contributed by atoms with E-state index in [1.54, 1.807) is 0 Å². The lowest BCUT2D eigenvalue weighted by molar-refractivity contribution is -0.137. The summed E-state index contributed by atoms with van der Waals surface area (Å²) in [6.07, 6.45) is 1.87.